The summed E-state index contributed by atoms with van der Waals surface area (Å²) in [5.41, 5.74) is 1.13. The zero-order valence-corrected chi connectivity index (χ0v) is 13.4. The molecule has 0 saturated carbocycles. The molecule has 2 aromatic carbocycles. The standard InChI is InChI=1S/C14H9Cl3N2OS/c1-21-14-18-9-5-8(16)12(6-10(9)19-14)20-11-4-2-3-7(15)13(11)17/h2-6H,1H3,(H,18,19)/i1D3. The molecule has 0 aliphatic heterocycles. The van der Waals surface area contributed by atoms with E-state index in [0.717, 1.165) is 0 Å². The van der Waals surface area contributed by atoms with Crippen molar-refractivity contribution in [1.29, 1.82) is 0 Å². The molecule has 7 heteroatoms. The number of hydrogen-bond acceptors (Lipinski definition) is 3. The van der Waals surface area contributed by atoms with Crippen LogP contribution in [0.15, 0.2) is 35.5 Å². The number of benzene rings is 2. The Morgan fingerprint density at radius 3 is 2.86 bits per heavy atom. The molecule has 0 aliphatic carbocycles. The summed E-state index contributed by atoms with van der Waals surface area (Å²) in [5.74, 6) is 0.698. The van der Waals surface area contributed by atoms with Crippen molar-refractivity contribution in [3.63, 3.8) is 0 Å². The van der Waals surface area contributed by atoms with Crippen LogP contribution in [-0.4, -0.2) is 16.2 Å². The summed E-state index contributed by atoms with van der Waals surface area (Å²) in [7, 11) is 0. The number of halogens is 3. The van der Waals surface area contributed by atoms with Gasteiger partial charge in [-0.05, 0) is 24.4 Å². The second-order valence-corrected chi connectivity index (χ2v) is 5.88. The Morgan fingerprint density at radius 1 is 1.19 bits per heavy atom. The van der Waals surface area contributed by atoms with Crippen molar-refractivity contribution in [3.05, 3.63) is 45.4 Å². The van der Waals surface area contributed by atoms with Gasteiger partial charge in [0, 0.05) is 10.2 Å². The third-order valence-electron chi connectivity index (χ3n) is 2.75. The lowest BCUT2D eigenvalue weighted by Gasteiger charge is -2.09. The molecular formula is C14H9Cl3N2OS. The maximum absolute atomic E-state index is 7.28. The Hall–Kier alpha value is -1.07. The minimum Gasteiger partial charge on any atom is -0.454 e. The highest BCUT2D eigenvalue weighted by atomic mass is 35.5. The van der Waals surface area contributed by atoms with Crippen LogP contribution >= 0.6 is 46.6 Å². The first-order valence-electron chi connectivity index (χ1n) is 7.23. The second kappa shape index (κ2) is 5.97. The predicted molar refractivity (Wildman–Crippen MR) is 89.4 cm³/mol. The van der Waals surface area contributed by atoms with E-state index >= 15 is 0 Å². The molecule has 0 spiro atoms. The van der Waals surface area contributed by atoms with Gasteiger partial charge in [-0.1, -0.05) is 52.6 Å². The molecule has 21 heavy (non-hydrogen) atoms. The van der Waals surface area contributed by atoms with Gasteiger partial charge in [0.15, 0.2) is 5.16 Å². The average molecular weight is 363 g/mol. The first kappa shape index (κ1) is 11.5. The van der Waals surface area contributed by atoms with Crippen LogP contribution in [0.25, 0.3) is 11.0 Å². The highest BCUT2D eigenvalue weighted by Gasteiger charge is 2.12. The van der Waals surface area contributed by atoms with E-state index in [1.807, 2.05) is 0 Å². The number of thioether (sulfide) groups is 1. The van der Waals surface area contributed by atoms with Crippen molar-refractivity contribution in [2.75, 3.05) is 6.18 Å². The summed E-state index contributed by atoms with van der Waals surface area (Å²) in [6.45, 7) is 0. The van der Waals surface area contributed by atoms with Crippen LogP contribution in [0.5, 0.6) is 11.5 Å². The summed E-state index contributed by atoms with van der Waals surface area (Å²) < 4.78 is 27.6. The minimum absolute atomic E-state index is 0.274. The molecule has 1 heterocycles. The fourth-order valence-corrected chi connectivity index (χ4v) is 2.63. The van der Waals surface area contributed by atoms with E-state index in [0.29, 0.717) is 44.3 Å². The summed E-state index contributed by atoms with van der Waals surface area (Å²) in [6.07, 6.45) is -2.19. The summed E-state index contributed by atoms with van der Waals surface area (Å²) >= 11 is 18.9. The molecule has 0 unspecified atom stereocenters. The van der Waals surface area contributed by atoms with Gasteiger partial charge in [0.05, 0.1) is 21.1 Å². The SMILES string of the molecule is [2H]C([2H])([2H])Sc1nc2cc(Oc3cccc(Cl)c3Cl)c(Cl)cc2[nH]1. The number of fused-ring (bicyclic) bond motifs is 1. The number of imidazole rings is 1. The maximum Gasteiger partial charge on any atom is 0.166 e. The number of nitrogens with one attached hydrogen (secondary N) is 1. The first-order valence-corrected chi connectivity index (χ1v) is 7.68. The largest absolute Gasteiger partial charge is 0.454 e. The molecule has 0 fully saturated rings. The monoisotopic (exact) mass is 361 g/mol. The predicted octanol–water partition coefficient (Wildman–Crippen LogP) is 6.04. The number of rotatable bonds is 3. The fraction of sp³-hybridized carbons (Fsp3) is 0.0714. The van der Waals surface area contributed by atoms with E-state index in [1.165, 1.54) is 0 Å². The summed E-state index contributed by atoms with van der Waals surface area (Å²) in [6, 6.07) is 8.23. The van der Waals surface area contributed by atoms with Crippen molar-refractivity contribution < 1.29 is 8.85 Å². The molecule has 1 aromatic heterocycles. The smallest absolute Gasteiger partial charge is 0.166 e. The topological polar surface area (TPSA) is 37.9 Å². The molecule has 0 radical (unpaired) electrons. The lowest BCUT2D eigenvalue weighted by atomic mass is 10.3. The number of nitrogens with zero attached hydrogens (tertiary/aromatic N) is 1. The van der Waals surface area contributed by atoms with Gasteiger partial charge in [0.25, 0.3) is 0 Å². The molecule has 0 aliphatic rings. The number of H-pyrrole nitrogens is 1. The van der Waals surface area contributed by atoms with Crippen LogP contribution in [0.1, 0.15) is 4.11 Å². The van der Waals surface area contributed by atoms with Crippen LogP contribution in [0, 0.1) is 0 Å². The van der Waals surface area contributed by atoms with Gasteiger partial charge in [-0.25, -0.2) is 4.98 Å². The molecular weight excluding hydrogens is 351 g/mol. The first-order chi connectivity index (χ1) is 11.2. The van der Waals surface area contributed by atoms with Crippen LogP contribution in [-0.2, 0) is 0 Å². The van der Waals surface area contributed by atoms with E-state index in [4.69, 9.17) is 43.7 Å². The van der Waals surface area contributed by atoms with Gasteiger partial charge < -0.3 is 9.72 Å². The van der Waals surface area contributed by atoms with Gasteiger partial charge in [-0.15, -0.1) is 0 Å². The van der Waals surface area contributed by atoms with E-state index < -0.39 is 6.18 Å². The summed E-state index contributed by atoms with van der Waals surface area (Å²) in [4.78, 5) is 7.14. The van der Waals surface area contributed by atoms with Crippen LogP contribution < -0.4 is 4.74 Å². The van der Waals surface area contributed by atoms with Crippen molar-refractivity contribution in [1.82, 2.24) is 9.97 Å². The van der Waals surface area contributed by atoms with Crippen molar-refractivity contribution in [3.8, 4) is 11.5 Å². The van der Waals surface area contributed by atoms with Gasteiger partial charge in [0.2, 0.25) is 0 Å². The Morgan fingerprint density at radius 2 is 2.05 bits per heavy atom. The van der Waals surface area contributed by atoms with E-state index in [-0.39, 0.29) is 10.2 Å². The quantitative estimate of drug-likeness (QED) is 0.577. The number of ether oxygens (including phenoxy) is 1. The van der Waals surface area contributed by atoms with E-state index in [1.54, 1.807) is 30.3 Å². The van der Waals surface area contributed by atoms with Gasteiger partial charge in [-0.2, -0.15) is 0 Å². The lowest BCUT2D eigenvalue weighted by Crippen LogP contribution is -1.87. The molecule has 0 amide bonds. The second-order valence-electron chi connectivity index (χ2n) is 4.10. The van der Waals surface area contributed by atoms with E-state index in [2.05, 4.69) is 9.97 Å². The van der Waals surface area contributed by atoms with Crippen LogP contribution in [0.2, 0.25) is 15.1 Å². The fourth-order valence-electron chi connectivity index (χ4n) is 1.80. The zero-order valence-electron chi connectivity index (χ0n) is 13.3. The molecule has 3 rings (SSSR count). The highest BCUT2D eigenvalue weighted by molar-refractivity contribution is 7.98. The number of aromatic nitrogens is 2. The molecule has 0 atom stereocenters. The van der Waals surface area contributed by atoms with Crippen LogP contribution in [0.3, 0.4) is 0 Å². The molecule has 0 bridgehead atoms. The van der Waals surface area contributed by atoms with Gasteiger partial charge in [-0.3, -0.25) is 0 Å². The lowest BCUT2D eigenvalue weighted by molar-refractivity contribution is 0.484. The molecule has 0 saturated heterocycles. The maximum atomic E-state index is 7.28. The molecule has 3 nitrogen and oxygen atoms in total. The number of hydrogen-bond donors (Lipinski definition) is 1. The Bertz CT molecular complexity index is 914. The van der Waals surface area contributed by atoms with E-state index in [9.17, 15) is 0 Å². The highest BCUT2D eigenvalue weighted by Crippen LogP contribution is 2.38. The minimum atomic E-state index is -2.19. The number of aromatic amines is 1. The third-order valence-corrected chi connectivity index (χ3v) is 4.23. The normalized spacial score (nSPS) is 13.8. The summed E-state index contributed by atoms with van der Waals surface area (Å²) in [5, 5.41) is 1.24. The Kier molecular flexibility index (Phi) is 3.27. The third kappa shape index (κ3) is 2.94. The zero-order chi connectivity index (χ0) is 17.5. The average Bonchev–Trinajstić information content (AvgIpc) is 2.83. The molecule has 3 aromatic rings. The Balaban J connectivity index is 1.97. The van der Waals surface area contributed by atoms with Gasteiger partial charge >= 0.3 is 0 Å². The van der Waals surface area contributed by atoms with Crippen molar-refractivity contribution in [2.45, 2.75) is 5.16 Å². The van der Waals surface area contributed by atoms with Crippen molar-refractivity contribution in [2.24, 2.45) is 0 Å². The molecule has 108 valence electrons. The van der Waals surface area contributed by atoms with Crippen LogP contribution in [0.4, 0.5) is 0 Å². The van der Waals surface area contributed by atoms with Crippen molar-refractivity contribution >= 4 is 57.6 Å². The Labute approximate surface area is 144 Å². The molecule has 1 N–H and O–H groups in total. The van der Waals surface area contributed by atoms with Gasteiger partial charge in [0.1, 0.15) is 16.5 Å².